The monoisotopic (exact) mass is 412 g/mol. The Bertz CT molecular complexity index is 864. The smallest absolute Gasteiger partial charge is 0.288 e. The Morgan fingerprint density at radius 2 is 1.93 bits per heavy atom. The van der Waals surface area contributed by atoms with Gasteiger partial charge in [0, 0.05) is 10.6 Å². The lowest BCUT2D eigenvalue weighted by Crippen LogP contribution is -2.34. The van der Waals surface area contributed by atoms with E-state index in [9.17, 15) is 18.4 Å². The Kier molecular flexibility index (Phi) is 5.86. The van der Waals surface area contributed by atoms with E-state index in [1.807, 2.05) is 0 Å². The van der Waals surface area contributed by atoms with Crippen LogP contribution in [0.2, 0.25) is 5.02 Å². The second kappa shape index (κ2) is 8.14. The molecule has 2 aromatic rings. The minimum Gasteiger partial charge on any atom is -0.495 e. The Balaban J connectivity index is 1.74. The van der Waals surface area contributed by atoms with Crippen molar-refractivity contribution in [3.63, 3.8) is 0 Å². The van der Waals surface area contributed by atoms with Crippen LogP contribution in [0.25, 0.3) is 0 Å². The van der Waals surface area contributed by atoms with Gasteiger partial charge in [-0.25, -0.2) is 4.90 Å². The first kappa shape index (κ1) is 19.4. The molecule has 2 aromatic carbocycles. The largest absolute Gasteiger partial charge is 0.495 e. The molecular weight excluding hydrogens is 398 g/mol. The predicted molar refractivity (Wildman–Crippen MR) is 101 cm³/mol. The van der Waals surface area contributed by atoms with Crippen LogP contribution >= 0.6 is 23.4 Å². The second-order valence-corrected chi connectivity index (χ2v) is 7.16. The van der Waals surface area contributed by atoms with Gasteiger partial charge in [0.15, 0.2) is 0 Å². The van der Waals surface area contributed by atoms with Gasteiger partial charge < -0.3 is 10.1 Å². The number of amides is 2. The van der Waals surface area contributed by atoms with Gasteiger partial charge in [-0.1, -0.05) is 23.4 Å². The van der Waals surface area contributed by atoms with Gasteiger partial charge in [0.25, 0.3) is 11.7 Å². The Labute approximate surface area is 163 Å². The zero-order valence-corrected chi connectivity index (χ0v) is 15.7. The van der Waals surface area contributed by atoms with Crippen LogP contribution in [0.15, 0.2) is 47.4 Å². The topological polar surface area (TPSA) is 58.6 Å². The quantitative estimate of drug-likeness (QED) is 0.562. The molecule has 9 heteroatoms. The number of alkyl halides is 2. The fourth-order valence-electron chi connectivity index (χ4n) is 2.75. The van der Waals surface area contributed by atoms with Crippen molar-refractivity contribution in [2.24, 2.45) is 0 Å². The van der Waals surface area contributed by atoms with Gasteiger partial charge in [-0.05, 0) is 42.5 Å². The third-order valence-corrected chi connectivity index (χ3v) is 4.98. The maximum Gasteiger partial charge on any atom is 0.288 e. The summed E-state index contributed by atoms with van der Waals surface area (Å²) in [7, 11) is 1.50. The van der Waals surface area contributed by atoms with E-state index in [-0.39, 0.29) is 12.3 Å². The number of nitrogens with zero attached hydrogens (tertiary/aromatic N) is 1. The molecule has 5 nitrogen and oxygen atoms in total. The van der Waals surface area contributed by atoms with Gasteiger partial charge in [0.05, 0.1) is 24.2 Å². The number of halogens is 3. The van der Waals surface area contributed by atoms with Gasteiger partial charge in [-0.15, -0.1) is 0 Å². The van der Waals surface area contributed by atoms with Crippen LogP contribution in [0.1, 0.15) is 6.42 Å². The Hall–Kier alpha value is -2.32. The summed E-state index contributed by atoms with van der Waals surface area (Å²) in [6.45, 7) is 0. The second-order valence-electron chi connectivity index (χ2n) is 5.69. The minimum atomic E-state index is -2.53. The predicted octanol–water partition coefficient (Wildman–Crippen LogP) is 4.41. The Morgan fingerprint density at radius 3 is 2.52 bits per heavy atom. The van der Waals surface area contributed by atoms with Crippen molar-refractivity contribution in [2.75, 3.05) is 17.3 Å². The van der Waals surface area contributed by atoms with Gasteiger partial charge >= 0.3 is 0 Å². The van der Waals surface area contributed by atoms with E-state index in [2.05, 4.69) is 5.32 Å². The van der Waals surface area contributed by atoms with Gasteiger partial charge in [0.2, 0.25) is 5.91 Å². The zero-order valence-electron chi connectivity index (χ0n) is 14.1. The number of rotatable bonds is 6. The highest BCUT2D eigenvalue weighted by Crippen LogP contribution is 2.31. The maximum absolute atomic E-state index is 12.7. The number of nitrogens with one attached hydrogen (secondary N) is 1. The molecule has 0 aliphatic carbocycles. The van der Waals surface area contributed by atoms with Crippen LogP contribution in [0.4, 0.5) is 20.2 Å². The van der Waals surface area contributed by atoms with Gasteiger partial charge in [-0.3, -0.25) is 9.59 Å². The van der Waals surface area contributed by atoms with E-state index in [1.54, 1.807) is 18.2 Å². The van der Waals surface area contributed by atoms with Crippen LogP contribution in [0, 0.1) is 0 Å². The normalized spacial score (nSPS) is 16.9. The summed E-state index contributed by atoms with van der Waals surface area (Å²) in [6.07, 6.45) is -0.0178. The lowest BCUT2D eigenvalue weighted by molar-refractivity contribution is -0.121. The summed E-state index contributed by atoms with van der Waals surface area (Å²) in [6, 6.07) is 10.1. The average molecular weight is 413 g/mol. The Morgan fingerprint density at radius 1 is 1.22 bits per heavy atom. The number of carbonyl (C=O) groups excluding carboxylic acids is 2. The zero-order chi connectivity index (χ0) is 19.6. The summed E-state index contributed by atoms with van der Waals surface area (Å²) in [5.74, 6) is -2.82. The summed E-state index contributed by atoms with van der Waals surface area (Å²) in [5, 5.41) is 3.37. The van der Waals surface area contributed by atoms with Gasteiger partial charge in [-0.2, -0.15) is 8.78 Å². The maximum atomic E-state index is 12.7. The van der Waals surface area contributed by atoms with Crippen LogP contribution in [-0.4, -0.2) is 30.7 Å². The molecule has 0 bridgehead atoms. The standard InChI is InChI=1S/C18H15ClF2N2O3S/c1-26-15-7-2-10(8-13(15)19)22-14-9-16(24)23(17(14)25)11-3-5-12(6-4-11)27-18(20)21/h2-8,14,18,22H,9H2,1H3/t14-/m0/s1. The third kappa shape index (κ3) is 4.33. The number of imide groups is 1. The summed E-state index contributed by atoms with van der Waals surface area (Å²) >= 11 is 6.47. The summed E-state index contributed by atoms with van der Waals surface area (Å²) in [4.78, 5) is 26.4. The third-order valence-electron chi connectivity index (χ3n) is 3.96. The van der Waals surface area contributed by atoms with E-state index in [0.717, 1.165) is 4.90 Å². The molecule has 1 saturated heterocycles. The number of hydrogen-bond acceptors (Lipinski definition) is 5. The van der Waals surface area contributed by atoms with E-state index in [0.29, 0.717) is 38.8 Å². The van der Waals surface area contributed by atoms with Crippen LogP contribution in [0.5, 0.6) is 5.75 Å². The fourth-order valence-corrected chi connectivity index (χ4v) is 3.51. The molecule has 1 aliphatic rings. The average Bonchev–Trinajstić information content (AvgIpc) is 2.89. The molecular formula is C18H15ClF2N2O3S. The molecule has 1 N–H and O–H groups in total. The molecule has 0 spiro atoms. The van der Waals surface area contributed by atoms with E-state index >= 15 is 0 Å². The number of anilines is 2. The number of ether oxygens (including phenoxy) is 1. The molecule has 1 heterocycles. The number of carbonyl (C=O) groups is 2. The lowest BCUT2D eigenvalue weighted by atomic mass is 10.2. The molecule has 0 aromatic heterocycles. The van der Waals surface area contributed by atoms with Crippen LogP contribution < -0.4 is 15.0 Å². The summed E-state index contributed by atoms with van der Waals surface area (Å²) < 4.78 is 29.9. The molecule has 27 heavy (non-hydrogen) atoms. The lowest BCUT2D eigenvalue weighted by Gasteiger charge is -2.17. The molecule has 2 amide bonds. The highest BCUT2D eigenvalue weighted by molar-refractivity contribution is 7.99. The van der Waals surface area contributed by atoms with Crippen molar-refractivity contribution in [1.82, 2.24) is 0 Å². The van der Waals surface area contributed by atoms with Crippen LogP contribution in [0.3, 0.4) is 0 Å². The van der Waals surface area contributed by atoms with Crippen molar-refractivity contribution < 1.29 is 23.1 Å². The van der Waals surface area contributed by atoms with Crippen molar-refractivity contribution in [3.8, 4) is 5.75 Å². The molecule has 0 radical (unpaired) electrons. The SMILES string of the molecule is COc1ccc(N[C@H]2CC(=O)N(c3ccc(SC(F)F)cc3)C2=O)cc1Cl. The highest BCUT2D eigenvalue weighted by atomic mass is 35.5. The van der Waals surface area contributed by atoms with Gasteiger partial charge in [0.1, 0.15) is 11.8 Å². The first-order valence-electron chi connectivity index (χ1n) is 7.91. The number of benzene rings is 2. The summed E-state index contributed by atoms with van der Waals surface area (Å²) in [5.41, 5.74) is 0.929. The molecule has 1 fully saturated rings. The van der Waals surface area contributed by atoms with E-state index in [4.69, 9.17) is 16.3 Å². The first-order chi connectivity index (χ1) is 12.9. The van der Waals surface area contributed by atoms with E-state index in [1.165, 1.54) is 31.4 Å². The minimum absolute atomic E-state index is 0.0178. The number of hydrogen-bond donors (Lipinski definition) is 1. The molecule has 1 atom stereocenters. The molecule has 0 unspecified atom stereocenters. The van der Waals surface area contributed by atoms with Crippen molar-refractivity contribution in [3.05, 3.63) is 47.5 Å². The van der Waals surface area contributed by atoms with E-state index < -0.39 is 17.7 Å². The first-order valence-corrected chi connectivity index (χ1v) is 9.16. The van der Waals surface area contributed by atoms with Crippen LogP contribution in [-0.2, 0) is 9.59 Å². The number of thioether (sulfide) groups is 1. The molecule has 1 aliphatic heterocycles. The van der Waals surface area contributed by atoms with Crippen molar-refractivity contribution in [1.29, 1.82) is 0 Å². The molecule has 0 saturated carbocycles. The van der Waals surface area contributed by atoms with Crippen molar-refractivity contribution >= 4 is 46.6 Å². The van der Waals surface area contributed by atoms with Crippen molar-refractivity contribution in [2.45, 2.75) is 23.1 Å². The molecule has 142 valence electrons. The molecule has 3 rings (SSSR count). The number of methoxy groups -OCH3 is 1. The fraction of sp³-hybridized carbons (Fsp3) is 0.222. The highest BCUT2D eigenvalue weighted by Gasteiger charge is 2.39.